The Morgan fingerprint density at radius 3 is 2.12 bits per heavy atom. The molecular weight excluding hydrogens is 530 g/mol. The highest BCUT2D eigenvalue weighted by Crippen LogP contribution is 2.33. The minimum absolute atomic E-state index is 0.102. The highest BCUT2D eigenvalue weighted by Gasteiger charge is 2.43. The van der Waals surface area contributed by atoms with Crippen LogP contribution in [-0.4, -0.2) is 51.6 Å². The average Bonchev–Trinajstić information content (AvgIpc) is 2.90. The van der Waals surface area contributed by atoms with E-state index in [-0.39, 0.29) is 18.1 Å². The standard InChI is InChI=1S/C34H51N3O5/c1-10-12-13-20-35-30(39)29(26-17-14-23(3)24(4)21-26)37(34(8,9)11-2)31(40)28(36-32(41)42-33(5,6)7)22-25-15-18-27(38)19-16-25/h14-19,21,28-29,38H,10-13,20,22H2,1-9H3,(H,35,39)(H,36,41). The molecular formula is C34H51N3O5. The molecule has 42 heavy (non-hydrogen) atoms. The Hall–Kier alpha value is -3.55. The van der Waals surface area contributed by atoms with E-state index in [2.05, 4.69) is 17.6 Å². The van der Waals surface area contributed by atoms with Crippen molar-refractivity contribution in [1.82, 2.24) is 15.5 Å². The van der Waals surface area contributed by atoms with Gasteiger partial charge in [0.2, 0.25) is 11.8 Å². The summed E-state index contributed by atoms with van der Waals surface area (Å²) >= 11 is 0. The fourth-order valence-corrected chi connectivity index (χ4v) is 4.67. The summed E-state index contributed by atoms with van der Waals surface area (Å²) in [5.41, 5.74) is 2.05. The van der Waals surface area contributed by atoms with Crippen molar-refractivity contribution in [3.63, 3.8) is 0 Å². The number of nitrogens with one attached hydrogen (secondary N) is 2. The molecule has 2 aromatic rings. The number of carbonyl (C=O) groups excluding carboxylic acids is 3. The van der Waals surface area contributed by atoms with E-state index in [1.807, 2.05) is 52.8 Å². The average molecular weight is 582 g/mol. The number of benzene rings is 2. The second-order valence-corrected chi connectivity index (χ2v) is 12.7. The predicted octanol–water partition coefficient (Wildman–Crippen LogP) is 6.51. The molecule has 0 saturated carbocycles. The molecule has 3 N–H and O–H groups in total. The summed E-state index contributed by atoms with van der Waals surface area (Å²) in [6.07, 6.45) is 2.86. The lowest BCUT2D eigenvalue weighted by molar-refractivity contribution is -0.149. The van der Waals surface area contributed by atoms with Crippen molar-refractivity contribution in [2.45, 2.75) is 118 Å². The minimum atomic E-state index is -1.03. The number of nitrogens with zero attached hydrogens (tertiary/aromatic N) is 1. The number of alkyl carbamates (subject to hydrolysis) is 1. The second-order valence-electron chi connectivity index (χ2n) is 12.7. The summed E-state index contributed by atoms with van der Waals surface area (Å²) in [5.74, 6) is -0.553. The molecule has 8 heteroatoms. The summed E-state index contributed by atoms with van der Waals surface area (Å²) < 4.78 is 5.52. The minimum Gasteiger partial charge on any atom is -0.508 e. The molecule has 2 rings (SSSR count). The highest BCUT2D eigenvalue weighted by atomic mass is 16.6. The number of phenols is 1. The van der Waals surface area contributed by atoms with Gasteiger partial charge in [0.05, 0.1) is 0 Å². The van der Waals surface area contributed by atoms with E-state index in [1.54, 1.807) is 49.9 Å². The Labute approximate surface area is 252 Å². The van der Waals surface area contributed by atoms with Gasteiger partial charge in [0, 0.05) is 18.5 Å². The molecule has 0 saturated heterocycles. The van der Waals surface area contributed by atoms with Gasteiger partial charge in [-0.3, -0.25) is 9.59 Å². The molecule has 0 spiro atoms. The van der Waals surface area contributed by atoms with Crippen LogP contribution in [0.1, 0.15) is 102 Å². The van der Waals surface area contributed by atoms with Gasteiger partial charge in [0.1, 0.15) is 23.4 Å². The molecule has 0 aliphatic rings. The van der Waals surface area contributed by atoms with Crippen molar-refractivity contribution < 1.29 is 24.2 Å². The second kappa shape index (κ2) is 15.1. The van der Waals surface area contributed by atoms with Crippen LogP contribution in [0.2, 0.25) is 0 Å². The number of phenolic OH excluding ortho intramolecular Hbond substituents is 1. The largest absolute Gasteiger partial charge is 0.508 e. The first-order valence-corrected chi connectivity index (χ1v) is 15.0. The lowest BCUT2D eigenvalue weighted by atomic mass is 9.90. The van der Waals surface area contributed by atoms with Crippen molar-refractivity contribution in [2.75, 3.05) is 6.54 Å². The van der Waals surface area contributed by atoms with Gasteiger partial charge in [0.25, 0.3) is 0 Å². The number of hydrogen-bond acceptors (Lipinski definition) is 5. The highest BCUT2D eigenvalue weighted by molar-refractivity contribution is 5.93. The smallest absolute Gasteiger partial charge is 0.408 e. The first kappa shape index (κ1) is 34.7. The summed E-state index contributed by atoms with van der Waals surface area (Å²) in [5, 5.41) is 15.7. The zero-order chi connectivity index (χ0) is 31.7. The first-order valence-electron chi connectivity index (χ1n) is 15.0. The Morgan fingerprint density at radius 1 is 0.929 bits per heavy atom. The van der Waals surface area contributed by atoms with E-state index < -0.39 is 35.2 Å². The van der Waals surface area contributed by atoms with Crippen LogP contribution >= 0.6 is 0 Å². The Kier molecular flexibility index (Phi) is 12.4. The Bertz CT molecular complexity index is 1200. The summed E-state index contributed by atoms with van der Waals surface area (Å²) in [6.45, 7) is 17.7. The van der Waals surface area contributed by atoms with Crippen molar-refractivity contribution in [3.8, 4) is 5.75 Å². The number of ether oxygens (including phenoxy) is 1. The molecule has 0 aliphatic carbocycles. The fourth-order valence-electron chi connectivity index (χ4n) is 4.67. The fraction of sp³-hybridized carbons (Fsp3) is 0.559. The molecule has 0 aromatic heterocycles. The Balaban J connectivity index is 2.65. The quantitative estimate of drug-likeness (QED) is 0.234. The van der Waals surface area contributed by atoms with Gasteiger partial charge in [-0.25, -0.2) is 4.79 Å². The van der Waals surface area contributed by atoms with E-state index >= 15 is 0 Å². The number of carbonyl (C=O) groups is 3. The summed E-state index contributed by atoms with van der Waals surface area (Å²) in [6, 6.07) is 10.4. The number of hydrogen-bond donors (Lipinski definition) is 3. The van der Waals surface area contributed by atoms with Gasteiger partial charge in [0.15, 0.2) is 0 Å². The van der Waals surface area contributed by atoms with Gasteiger partial charge in [-0.15, -0.1) is 0 Å². The van der Waals surface area contributed by atoms with Crippen LogP contribution in [0.5, 0.6) is 5.75 Å². The molecule has 2 aromatic carbocycles. The lowest BCUT2D eigenvalue weighted by Crippen LogP contribution is -2.60. The van der Waals surface area contributed by atoms with E-state index in [0.29, 0.717) is 18.5 Å². The Morgan fingerprint density at radius 2 is 1.57 bits per heavy atom. The monoisotopic (exact) mass is 581 g/mol. The molecule has 2 atom stereocenters. The molecule has 232 valence electrons. The number of amides is 3. The van der Waals surface area contributed by atoms with Gasteiger partial charge in [-0.05, 0) is 95.7 Å². The maximum atomic E-state index is 14.7. The normalized spacial score (nSPS) is 13.2. The van der Waals surface area contributed by atoms with Crippen LogP contribution in [0.25, 0.3) is 0 Å². The van der Waals surface area contributed by atoms with E-state index in [0.717, 1.165) is 36.0 Å². The third-order valence-electron chi connectivity index (χ3n) is 7.55. The third kappa shape index (κ3) is 10.1. The van der Waals surface area contributed by atoms with Crippen LogP contribution < -0.4 is 10.6 Å². The molecule has 8 nitrogen and oxygen atoms in total. The van der Waals surface area contributed by atoms with Crippen LogP contribution in [0.3, 0.4) is 0 Å². The summed E-state index contributed by atoms with van der Waals surface area (Å²) in [7, 11) is 0. The molecule has 0 radical (unpaired) electrons. The summed E-state index contributed by atoms with van der Waals surface area (Å²) in [4.78, 5) is 43.3. The van der Waals surface area contributed by atoms with Gasteiger partial charge >= 0.3 is 6.09 Å². The zero-order valence-electron chi connectivity index (χ0n) is 27.0. The van der Waals surface area contributed by atoms with Crippen molar-refractivity contribution in [1.29, 1.82) is 0 Å². The van der Waals surface area contributed by atoms with Crippen LogP contribution in [-0.2, 0) is 20.7 Å². The maximum Gasteiger partial charge on any atom is 0.408 e. The number of unbranched alkanes of at least 4 members (excludes halogenated alkanes) is 2. The van der Waals surface area contributed by atoms with Crippen molar-refractivity contribution in [2.24, 2.45) is 0 Å². The van der Waals surface area contributed by atoms with Gasteiger partial charge in [-0.2, -0.15) is 0 Å². The number of aryl methyl sites for hydroxylation is 2. The molecule has 0 fully saturated rings. The number of rotatable bonds is 13. The van der Waals surface area contributed by atoms with Gasteiger partial charge in [-0.1, -0.05) is 57.0 Å². The molecule has 0 heterocycles. The van der Waals surface area contributed by atoms with Crippen molar-refractivity contribution in [3.05, 3.63) is 64.7 Å². The van der Waals surface area contributed by atoms with Gasteiger partial charge < -0.3 is 25.4 Å². The molecule has 3 amide bonds. The first-order chi connectivity index (χ1) is 19.6. The lowest BCUT2D eigenvalue weighted by Gasteiger charge is -2.44. The molecule has 2 unspecified atom stereocenters. The van der Waals surface area contributed by atoms with Crippen LogP contribution in [0.4, 0.5) is 4.79 Å². The van der Waals surface area contributed by atoms with E-state index in [1.165, 1.54) is 0 Å². The number of aromatic hydroxyl groups is 1. The topological polar surface area (TPSA) is 108 Å². The van der Waals surface area contributed by atoms with Crippen LogP contribution in [0.15, 0.2) is 42.5 Å². The van der Waals surface area contributed by atoms with E-state index in [4.69, 9.17) is 4.74 Å². The van der Waals surface area contributed by atoms with Crippen molar-refractivity contribution >= 4 is 17.9 Å². The maximum absolute atomic E-state index is 14.7. The predicted molar refractivity (Wildman–Crippen MR) is 167 cm³/mol. The SMILES string of the molecule is CCCCCNC(=O)C(c1ccc(C)c(C)c1)N(C(=O)C(Cc1ccc(O)cc1)NC(=O)OC(C)(C)C)C(C)(C)CC. The molecule has 0 bridgehead atoms. The third-order valence-corrected chi connectivity index (χ3v) is 7.55. The zero-order valence-corrected chi connectivity index (χ0v) is 27.0. The van der Waals surface area contributed by atoms with Crippen LogP contribution in [0, 0.1) is 13.8 Å². The molecule has 0 aliphatic heterocycles. The van der Waals surface area contributed by atoms with E-state index in [9.17, 15) is 19.5 Å².